The van der Waals surface area contributed by atoms with Crippen LogP contribution in [0.15, 0.2) is 0 Å². The molecule has 0 aliphatic rings. The van der Waals surface area contributed by atoms with Crippen LogP contribution in [0.4, 0.5) is 0 Å². The number of phosphoric acid groups is 2. The largest absolute Gasteiger partial charge is 0.472 e. The number of aliphatic hydroxyl groups is 1. The van der Waals surface area contributed by atoms with Crippen molar-refractivity contribution in [1.29, 1.82) is 0 Å². The zero-order chi connectivity index (χ0) is 64.5. The normalized spacial score (nSPS) is 14.3. The van der Waals surface area contributed by atoms with Crippen LogP contribution in [0.5, 0.6) is 0 Å². The summed E-state index contributed by atoms with van der Waals surface area (Å²) < 4.78 is 68.1. The van der Waals surface area contributed by atoms with Gasteiger partial charge in [-0.2, -0.15) is 0 Å². The molecule has 0 spiro atoms. The lowest BCUT2D eigenvalue weighted by Crippen LogP contribution is -2.30. The molecule has 0 aliphatic carbocycles. The molecule has 17 nitrogen and oxygen atoms in total. The minimum absolute atomic E-state index is 0.105. The summed E-state index contributed by atoms with van der Waals surface area (Å²) in [4.78, 5) is 72.4. The van der Waals surface area contributed by atoms with Crippen LogP contribution in [-0.2, 0) is 65.4 Å². The summed E-state index contributed by atoms with van der Waals surface area (Å²) in [6, 6.07) is 0. The molecule has 0 rings (SSSR count). The van der Waals surface area contributed by atoms with Crippen molar-refractivity contribution in [2.24, 2.45) is 17.8 Å². The van der Waals surface area contributed by atoms with Gasteiger partial charge in [0.05, 0.1) is 26.4 Å². The number of ether oxygens (including phenoxy) is 4. The highest BCUT2D eigenvalue weighted by atomic mass is 31.2. The van der Waals surface area contributed by atoms with Crippen LogP contribution in [-0.4, -0.2) is 96.7 Å². The Hall–Kier alpha value is -1.94. The lowest BCUT2D eigenvalue weighted by molar-refractivity contribution is -0.161. The number of aliphatic hydroxyl groups excluding tert-OH is 1. The van der Waals surface area contributed by atoms with Gasteiger partial charge in [-0.3, -0.25) is 37.3 Å². The zero-order valence-electron chi connectivity index (χ0n) is 56.5. The summed E-state index contributed by atoms with van der Waals surface area (Å²) in [5.74, 6) is 0.0855. The van der Waals surface area contributed by atoms with Gasteiger partial charge in [0, 0.05) is 25.7 Å². The van der Waals surface area contributed by atoms with Gasteiger partial charge in [-0.05, 0) is 43.4 Å². The smallest absolute Gasteiger partial charge is 0.462 e. The molecule has 5 atom stereocenters. The first-order chi connectivity index (χ1) is 41.7. The zero-order valence-corrected chi connectivity index (χ0v) is 58.3. The number of hydrogen-bond acceptors (Lipinski definition) is 15. The Morgan fingerprint density at radius 3 is 0.782 bits per heavy atom. The molecule has 0 aromatic carbocycles. The van der Waals surface area contributed by atoms with Crippen LogP contribution in [0.2, 0.25) is 0 Å². The Bertz CT molecular complexity index is 1720. The first kappa shape index (κ1) is 85.1. The topological polar surface area (TPSA) is 237 Å². The minimum Gasteiger partial charge on any atom is -0.462 e. The SMILES string of the molecule is CCCCCCCCCCCCC(=O)O[C@H](COC(=O)CCCCCCCCC(C)C)COP(=O)(O)OC[C@H](O)COP(=O)(O)OC[C@@H](COC(=O)CCCCCCCCCCCCCC(C)C)OC(=O)CCCCCCCCCCCCCC(C)C. The molecule has 0 saturated heterocycles. The first-order valence-corrected chi connectivity index (χ1v) is 38.3. The lowest BCUT2D eigenvalue weighted by atomic mass is 10.0. The Balaban J connectivity index is 5.24. The summed E-state index contributed by atoms with van der Waals surface area (Å²) in [7, 11) is -9.89. The van der Waals surface area contributed by atoms with Crippen molar-refractivity contribution in [3.05, 3.63) is 0 Å². The average Bonchev–Trinajstić information content (AvgIpc) is 3.67. The van der Waals surface area contributed by atoms with Gasteiger partial charge in [0.15, 0.2) is 12.2 Å². The standard InChI is InChI=1S/C68H132O17P2/c1-8-9-10-11-12-13-22-28-37-44-51-67(72)85-64(56-79-66(71)50-43-36-31-30-34-41-48-61(6)7)58-83-87(76,77)81-54-62(69)53-80-86(74,75)82-57-63(84-68(73)52-45-38-29-24-19-15-17-21-26-33-40-47-60(4)5)55-78-65(70)49-42-35-27-23-18-14-16-20-25-32-39-46-59(2)3/h59-64,69H,8-58H2,1-7H3,(H,74,75)(H,76,77)/t62-,63-,64-/m1/s1. The van der Waals surface area contributed by atoms with E-state index >= 15 is 0 Å². The molecule has 516 valence electrons. The molecule has 0 heterocycles. The molecule has 3 N–H and O–H groups in total. The molecule has 19 heteroatoms. The number of carbonyl (C=O) groups is 4. The number of rotatable bonds is 66. The van der Waals surface area contributed by atoms with E-state index < -0.39 is 97.5 Å². The van der Waals surface area contributed by atoms with Gasteiger partial charge in [-0.25, -0.2) is 9.13 Å². The third kappa shape index (κ3) is 62.6. The molecule has 87 heavy (non-hydrogen) atoms. The van der Waals surface area contributed by atoms with E-state index in [-0.39, 0.29) is 25.7 Å². The van der Waals surface area contributed by atoms with Crippen LogP contribution in [0.3, 0.4) is 0 Å². The Labute approximate surface area is 530 Å². The Morgan fingerprint density at radius 1 is 0.310 bits per heavy atom. The number of phosphoric ester groups is 2. The van der Waals surface area contributed by atoms with E-state index in [1.165, 1.54) is 141 Å². The summed E-state index contributed by atoms with van der Waals surface area (Å²) in [6.45, 7) is 11.7. The average molecular weight is 1280 g/mol. The highest BCUT2D eigenvalue weighted by molar-refractivity contribution is 7.47. The fourth-order valence-corrected chi connectivity index (χ4v) is 11.8. The van der Waals surface area contributed by atoms with Crippen molar-refractivity contribution in [3.63, 3.8) is 0 Å². The molecule has 0 bridgehead atoms. The number of hydrogen-bond donors (Lipinski definition) is 3. The van der Waals surface area contributed by atoms with Crippen LogP contribution in [0.1, 0.15) is 337 Å². The van der Waals surface area contributed by atoms with Crippen LogP contribution >= 0.6 is 15.6 Å². The maximum Gasteiger partial charge on any atom is 0.472 e. The summed E-state index contributed by atoms with van der Waals surface area (Å²) in [5.41, 5.74) is 0. The van der Waals surface area contributed by atoms with E-state index in [1.54, 1.807) is 0 Å². The molecule has 0 amide bonds. The fraction of sp³-hybridized carbons (Fsp3) is 0.941. The van der Waals surface area contributed by atoms with Crippen molar-refractivity contribution in [2.75, 3.05) is 39.6 Å². The summed E-state index contributed by atoms with van der Waals surface area (Å²) in [5, 5.41) is 10.6. The molecule has 2 unspecified atom stereocenters. The molecule has 0 fully saturated rings. The number of carbonyl (C=O) groups excluding carboxylic acids is 4. The van der Waals surface area contributed by atoms with Gasteiger partial charge >= 0.3 is 39.5 Å². The van der Waals surface area contributed by atoms with E-state index in [0.717, 1.165) is 108 Å². The third-order valence-corrected chi connectivity index (χ3v) is 17.5. The van der Waals surface area contributed by atoms with Crippen molar-refractivity contribution in [3.8, 4) is 0 Å². The number of esters is 4. The van der Waals surface area contributed by atoms with Gasteiger partial charge in [-0.1, -0.05) is 286 Å². The van der Waals surface area contributed by atoms with Crippen LogP contribution < -0.4 is 0 Å². The second-order valence-corrected chi connectivity index (χ2v) is 28.9. The van der Waals surface area contributed by atoms with Gasteiger partial charge in [0.2, 0.25) is 0 Å². The Morgan fingerprint density at radius 2 is 0.529 bits per heavy atom. The molecule has 0 aliphatic heterocycles. The maximum atomic E-state index is 13.0. The second kappa shape index (κ2) is 59.1. The van der Waals surface area contributed by atoms with E-state index in [9.17, 15) is 43.2 Å². The van der Waals surface area contributed by atoms with Gasteiger partial charge in [0.1, 0.15) is 19.3 Å². The number of unbranched alkanes of at least 4 members (excludes halogenated alkanes) is 34. The maximum absolute atomic E-state index is 13.0. The summed E-state index contributed by atoms with van der Waals surface area (Å²) in [6.07, 6.45) is 41.8. The van der Waals surface area contributed by atoms with E-state index in [4.69, 9.17) is 37.0 Å². The van der Waals surface area contributed by atoms with Crippen molar-refractivity contribution < 1.29 is 80.2 Å². The third-order valence-electron chi connectivity index (χ3n) is 15.6. The fourth-order valence-electron chi connectivity index (χ4n) is 10.2. The van der Waals surface area contributed by atoms with Gasteiger partial charge < -0.3 is 33.8 Å². The minimum atomic E-state index is -4.95. The summed E-state index contributed by atoms with van der Waals surface area (Å²) >= 11 is 0. The molecular formula is C68H132O17P2. The molecule has 0 saturated carbocycles. The molecule has 0 aromatic heterocycles. The van der Waals surface area contributed by atoms with Crippen molar-refractivity contribution in [1.82, 2.24) is 0 Å². The molecule has 0 radical (unpaired) electrons. The van der Waals surface area contributed by atoms with Gasteiger partial charge in [-0.15, -0.1) is 0 Å². The van der Waals surface area contributed by atoms with Crippen molar-refractivity contribution >= 4 is 39.5 Å². The first-order valence-electron chi connectivity index (χ1n) is 35.3. The van der Waals surface area contributed by atoms with Crippen LogP contribution in [0.25, 0.3) is 0 Å². The van der Waals surface area contributed by atoms with E-state index in [2.05, 4.69) is 48.5 Å². The highest BCUT2D eigenvalue weighted by Gasteiger charge is 2.30. The van der Waals surface area contributed by atoms with Crippen molar-refractivity contribution in [2.45, 2.75) is 356 Å². The second-order valence-electron chi connectivity index (χ2n) is 26.0. The monoisotopic (exact) mass is 1280 g/mol. The lowest BCUT2D eigenvalue weighted by Gasteiger charge is -2.21. The highest BCUT2D eigenvalue weighted by Crippen LogP contribution is 2.45. The van der Waals surface area contributed by atoms with E-state index in [1.807, 2.05) is 0 Å². The molecular weight excluding hydrogens is 1150 g/mol. The van der Waals surface area contributed by atoms with Gasteiger partial charge in [0.25, 0.3) is 0 Å². The predicted octanol–water partition coefficient (Wildman–Crippen LogP) is 19.1. The predicted molar refractivity (Wildman–Crippen MR) is 349 cm³/mol. The van der Waals surface area contributed by atoms with E-state index in [0.29, 0.717) is 31.6 Å². The molecule has 0 aromatic rings. The van der Waals surface area contributed by atoms with Crippen LogP contribution in [0, 0.1) is 17.8 Å². The Kier molecular flexibility index (Phi) is 57.8. The quantitative estimate of drug-likeness (QED) is 0.0222.